The number of para-hydroxylation sites is 2. The molecule has 2 aromatic carbocycles. The van der Waals surface area contributed by atoms with Crippen LogP contribution in [0.15, 0.2) is 53.4 Å². The number of hydrogen-bond donors (Lipinski definition) is 0. The average Bonchev–Trinajstić information content (AvgIpc) is 2.73. The van der Waals surface area contributed by atoms with E-state index in [2.05, 4.69) is 4.98 Å². The second-order valence-corrected chi connectivity index (χ2v) is 10.1. The fourth-order valence-corrected chi connectivity index (χ4v) is 5.50. The third kappa shape index (κ3) is 4.22. The van der Waals surface area contributed by atoms with Crippen LogP contribution in [-0.2, 0) is 14.6 Å². The summed E-state index contributed by atoms with van der Waals surface area (Å²) in [5, 5.41) is 8.71. The third-order valence-electron chi connectivity index (χ3n) is 5.10. The maximum atomic E-state index is 13.4. The molecule has 7 nitrogen and oxygen atoms in total. The number of nitriles is 1. The normalized spacial score (nSPS) is 20.4. The first kappa shape index (κ1) is 21.5. The summed E-state index contributed by atoms with van der Waals surface area (Å²) in [6, 6.07) is 15.1. The summed E-state index contributed by atoms with van der Waals surface area (Å²) < 4.78 is 32.7. The van der Waals surface area contributed by atoms with Crippen molar-refractivity contribution in [1.29, 1.82) is 5.26 Å². The zero-order valence-electron chi connectivity index (χ0n) is 17.1. The molecule has 0 saturated carbocycles. The van der Waals surface area contributed by atoms with Crippen LogP contribution in [-0.4, -0.2) is 43.7 Å². The molecular formula is C22H21ClN4O3S. The van der Waals surface area contributed by atoms with Crippen LogP contribution in [0, 0.1) is 11.3 Å². The molecule has 0 spiro atoms. The Morgan fingerprint density at radius 2 is 1.74 bits per heavy atom. The molecule has 4 rings (SSSR count). The summed E-state index contributed by atoms with van der Waals surface area (Å²) in [7, 11) is -4.09. The van der Waals surface area contributed by atoms with Crippen LogP contribution in [0.2, 0.25) is 5.02 Å². The number of aromatic nitrogens is 2. The predicted molar refractivity (Wildman–Crippen MR) is 119 cm³/mol. The Hall–Kier alpha value is -2.73. The van der Waals surface area contributed by atoms with Crippen molar-refractivity contribution < 1.29 is 13.2 Å². The van der Waals surface area contributed by atoms with Crippen LogP contribution in [0.1, 0.15) is 24.8 Å². The van der Waals surface area contributed by atoms with Gasteiger partial charge in [-0.15, -0.1) is 0 Å². The van der Waals surface area contributed by atoms with E-state index in [1.807, 2.05) is 36.9 Å². The molecular weight excluding hydrogens is 436 g/mol. The maximum Gasteiger partial charge on any atom is 0.200 e. The van der Waals surface area contributed by atoms with Gasteiger partial charge in [0.05, 0.1) is 34.2 Å². The lowest BCUT2D eigenvalue weighted by atomic mass is 10.2. The van der Waals surface area contributed by atoms with E-state index in [-0.39, 0.29) is 27.8 Å². The van der Waals surface area contributed by atoms with Gasteiger partial charge in [-0.3, -0.25) is 0 Å². The van der Waals surface area contributed by atoms with Gasteiger partial charge >= 0.3 is 0 Å². The summed E-state index contributed by atoms with van der Waals surface area (Å²) in [4.78, 5) is 11.3. The highest BCUT2D eigenvalue weighted by Gasteiger charge is 2.36. The molecule has 0 aliphatic carbocycles. The van der Waals surface area contributed by atoms with E-state index in [9.17, 15) is 13.7 Å². The third-order valence-corrected chi connectivity index (χ3v) is 7.19. The maximum absolute atomic E-state index is 13.4. The molecule has 0 bridgehead atoms. The quantitative estimate of drug-likeness (QED) is 0.586. The Kier molecular flexibility index (Phi) is 5.84. The van der Waals surface area contributed by atoms with E-state index >= 15 is 0 Å². The smallest absolute Gasteiger partial charge is 0.200 e. The van der Waals surface area contributed by atoms with E-state index in [1.165, 1.54) is 12.1 Å². The van der Waals surface area contributed by atoms with Gasteiger partial charge in [0.2, 0.25) is 9.84 Å². The van der Waals surface area contributed by atoms with Crippen molar-refractivity contribution in [1.82, 2.24) is 9.97 Å². The molecule has 1 fully saturated rings. The van der Waals surface area contributed by atoms with Gasteiger partial charge < -0.3 is 9.64 Å². The second-order valence-electron chi connectivity index (χ2n) is 7.59. The number of nitrogens with zero attached hydrogens (tertiary/aromatic N) is 4. The van der Waals surface area contributed by atoms with Gasteiger partial charge in [-0.1, -0.05) is 29.8 Å². The molecule has 3 aromatic rings. The van der Waals surface area contributed by atoms with Crippen molar-refractivity contribution in [2.45, 2.75) is 36.2 Å². The van der Waals surface area contributed by atoms with Crippen molar-refractivity contribution in [3.8, 4) is 6.07 Å². The molecule has 0 unspecified atom stereocenters. The fourth-order valence-electron chi connectivity index (χ4n) is 3.82. The molecule has 0 amide bonds. The summed E-state index contributed by atoms with van der Waals surface area (Å²) >= 11 is 6.01. The van der Waals surface area contributed by atoms with E-state index in [0.717, 1.165) is 0 Å². The molecule has 2 heterocycles. The number of morpholine rings is 1. The van der Waals surface area contributed by atoms with Gasteiger partial charge in [0.25, 0.3) is 0 Å². The Morgan fingerprint density at radius 1 is 1.10 bits per heavy atom. The van der Waals surface area contributed by atoms with Crippen molar-refractivity contribution in [2.24, 2.45) is 0 Å². The Bertz CT molecular complexity index is 1270. The number of fused-ring (bicyclic) bond motifs is 1. The molecule has 0 N–H and O–H groups in total. The highest BCUT2D eigenvalue weighted by Crippen LogP contribution is 2.35. The van der Waals surface area contributed by atoms with Gasteiger partial charge in [0, 0.05) is 18.1 Å². The minimum absolute atomic E-state index is 0.0313. The molecule has 0 radical (unpaired) electrons. The average molecular weight is 457 g/mol. The van der Waals surface area contributed by atoms with E-state index in [1.54, 1.807) is 24.3 Å². The SMILES string of the molecule is C[C@H]1CN(c2nc3ccccc3nc2[C@@H](C#N)S(=O)(=O)c2cccc(Cl)c2)C[C@H](C)O1. The molecule has 1 aromatic heterocycles. The van der Waals surface area contributed by atoms with Gasteiger partial charge in [0.15, 0.2) is 11.1 Å². The van der Waals surface area contributed by atoms with Crippen molar-refractivity contribution in [3.05, 3.63) is 59.2 Å². The van der Waals surface area contributed by atoms with E-state index < -0.39 is 15.1 Å². The van der Waals surface area contributed by atoms with Gasteiger partial charge in [-0.25, -0.2) is 18.4 Å². The van der Waals surface area contributed by atoms with Crippen LogP contribution >= 0.6 is 11.6 Å². The highest BCUT2D eigenvalue weighted by atomic mass is 35.5. The number of sulfone groups is 1. The fraction of sp³-hybridized carbons (Fsp3) is 0.318. The summed E-state index contributed by atoms with van der Waals surface area (Å²) in [6.45, 7) is 4.92. The zero-order valence-corrected chi connectivity index (χ0v) is 18.6. The van der Waals surface area contributed by atoms with Gasteiger partial charge in [-0.05, 0) is 44.2 Å². The molecule has 1 aliphatic rings. The van der Waals surface area contributed by atoms with Crippen molar-refractivity contribution in [3.63, 3.8) is 0 Å². The van der Waals surface area contributed by atoms with Crippen LogP contribution in [0.3, 0.4) is 0 Å². The number of ether oxygens (including phenoxy) is 1. The van der Waals surface area contributed by atoms with Gasteiger partial charge in [0.1, 0.15) is 5.69 Å². The largest absolute Gasteiger partial charge is 0.372 e. The summed E-state index contributed by atoms with van der Waals surface area (Å²) in [6.07, 6.45) is -0.148. The molecule has 1 aliphatic heterocycles. The van der Waals surface area contributed by atoms with E-state index in [4.69, 9.17) is 21.3 Å². The minimum Gasteiger partial charge on any atom is -0.372 e. The van der Waals surface area contributed by atoms with Crippen LogP contribution in [0.4, 0.5) is 5.82 Å². The topological polar surface area (TPSA) is 96.2 Å². The minimum atomic E-state index is -4.09. The molecule has 1 saturated heterocycles. The number of rotatable bonds is 4. The first-order valence-electron chi connectivity index (χ1n) is 9.85. The second kappa shape index (κ2) is 8.42. The van der Waals surface area contributed by atoms with Crippen molar-refractivity contribution in [2.75, 3.05) is 18.0 Å². The lowest BCUT2D eigenvalue weighted by Gasteiger charge is -2.37. The Morgan fingerprint density at radius 3 is 2.35 bits per heavy atom. The van der Waals surface area contributed by atoms with E-state index in [0.29, 0.717) is 29.9 Å². The molecule has 3 atom stereocenters. The van der Waals surface area contributed by atoms with Crippen molar-refractivity contribution >= 4 is 38.3 Å². The van der Waals surface area contributed by atoms with Crippen LogP contribution in [0.25, 0.3) is 11.0 Å². The van der Waals surface area contributed by atoms with Gasteiger partial charge in [-0.2, -0.15) is 5.26 Å². The lowest BCUT2D eigenvalue weighted by molar-refractivity contribution is -0.00550. The molecule has 9 heteroatoms. The zero-order chi connectivity index (χ0) is 22.2. The predicted octanol–water partition coefficient (Wildman–Crippen LogP) is 3.94. The summed E-state index contributed by atoms with van der Waals surface area (Å²) in [5.74, 6) is 0.387. The Balaban J connectivity index is 1.91. The summed E-state index contributed by atoms with van der Waals surface area (Å²) in [5.41, 5.74) is 1.27. The first-order valence-corrected chi connectivity index (χ1v) is 11.8. The first-order chi connectivity index (χ1) is 14.8. The molecule has 160 valence electrons. The monoisotopic (exact) mass is 456 g/mol. The number of anilines is 1. The number of hydrogen-bond acceptors (Lipinski definition) is 7. The lowest BCUT2D eigenvalue weighted by Crippen LogP contribution is -2.46. The Labute approximate surface area is 186 Å². The molecule has 31 heavy (non-hydrogen) atoms. The standard InChI is InChI=1S/C22H21ClN4O3S/c1-14-12-27(13-15(2)30-14)22-21(25-18-8-3-4-9-19(18)26-22)20(11-24)31(28,29)17-7-5-6-16(23)10-17/h3-10,14-15,20H,12-13H2,1-2H3/t14-,15-,20+/m0/s1. The number of benzene rings is 2. The number of halogens is 1. The van der Waals surface area contributed by atoms with Crippen LogP contribution in [0.5, 0.6) is 0 Å². The highest BCUT2D eigenvalue weighted by molar-refractivity contribution is 7.92. The van der Waals surface area contributed by atoms with Crippen LogP contribution < -0.4 is 4.90 Å².